The lowest BCUT2D eigenvalue weighted by Gasteiger charge is -2.10. The highest BCUT2D eigenvalue weighted by Crippen LogP contribution is 2.25. The van der Waals surface area contributed by atoms with E-state index < -0.39 is 6.10 Å². The van der Waals surface area contributed by atoms with E-state index in [9.17, 15) is 5.11 Å². The number of nitrogens with two attached hydrogens (primary N) is 1. The fourth-order valence-corrected chi connectivity index (χ4v) is 1.58. The number of nitrogen functional groups attached to an aromatic ring is 1. The lowest BCUT2D eigenvalue weighted by atomic mass is 10.0. The van der Waals surface area contributed by atoms with Crippen LogP contribution in [-0.4, -0.2) is 19.9 Å². The largest absolute Gasteiger partial charge is 0.384 e. The summed E-state index contributed by atoms with van der Waals surface area (Å²) in [6.07, 6.45) is 4.16. The van der Waals surface area contributed by atoms with Crippen LogP contribution in [0.4, 0.5) is 5.82 Å². The van der Waals surface area contributed by atoms with E-state index in [2.05, 4.69) is 10.1 Å². The van der Waals surface area contributed by atoms with E-state index in [-0.39, 0.29) is 0 Å². The highest BCUT2D eigenvalue weighted by atomic mass is 16.3. The molecule has 0 aliphatic heterocycles. The topological polar surface area (TPSA) is 77.0 Å². The number of aryl methyl sites for hydroxylation is 2. The number of aliphatic hydroxyl groups excluding tert-OH is 1. The van der Waals surface area contributed by atoms with Gasteiger partial charge in [-0.1, -0.05) is 6.07 Å². The van der Waals surface area contributed by atoms with Crippen LogP contribution in [0.2, 0.25) is 0 Å². The zero-order chi connectivity index (χ0) is 11.7. The van der Waals surface area contributed by atoms with Crippen molar-refractivity contribution in [3.8, 4) is 0 Å². The van der Waals surface area contributed by atoms with Crippen molar-refractivity contribution in [2.45, 2.75) is 13.0 Å². The molecule has 2 aromatic rings. The predicted octanol–water partition coefficient (Wildman–Crippen LogP) is 0.787. The second-order valence-electron chi connectivity index (χ2n) is 3.81. The number of hydrogen-bond acceptors (Lipinski definition) is 4. The molecule has 0 aliphatic carbocycles. The van der Waals surface area contributed by atoms with E-state index in [1.165, 1.54) is 4.68 Å². The van der Waals surface area contributed by atoms with E-state index in [1.807, 2.05) is 13.0 Å². The number of nitrogens with zero attached hydrogens (tertiary/aromatic N) is 3. The van der Waals surface area contributed by atoms with Crippen LogP contribution in [0, 0.1) is 6.92 Å². The van der Waals surface area contributed by atoms with Crippen LogP contribution in [-0.2, 0) is 7.05 Å². The Morgan fingerprint density at radius 2 is 2.12 bits per heavy atom. The summed E-state index contributed by atoms with van der Waals surface area (Å²) in [5.74, 6) is 0.467. The molecule has 0 spiro atoms. The summed E-state index contributed by atoms with van der Waals surface area (Å²) in [6, 6.07) is 1.88. The van der Waals surface area contributed by atoms with Crippen LogP contribution in [0.15, 0.2) is 24.7 Å². The molecule has 84 valence electrons. The van der Waals surface area contributed by atoms with Gasteiger partial charge in [-0.05, 0) is 12.5 Å². The maximum Gasteiger partial charge on any atom is 0.127 e. The molecule has 0 saturated carbocycles. The summed E-state index contributed by atoms with van der Waals surface area (Å²) >= 11 is 0. The Bertz CT molecular complexity index is 506. The minimum atomic E-state index is -0.777. The fourth-order valence-electron chi connectivity index (χ4n) is 1.58. The first-order chi connectivity index (χ1) is 7.59. The minimum Gasteiger partial charge on any atom is -0.384 e. The van der Waals surface area contributed by atoms with Gasteiger partial charge in [0, 0.05) is 30.6 Å². The van der Waals surface area contributed by atoms with Gasteiger partial charge in [-0.15, -0.1) is 0 Å². The number of anilines is 1. The Balaban J connectivity index is 2.39. The van der Waals surface area contributed by atoms with E-state index in [0.717, 1.165) is 11.1 Å². The summed E-state index contributed by atoms with van der Waals surface area (Å²) in [6.45, 7) is 1.93. The van der Waals surface area contributed by atoms with Gasteiger partial charge in [-0.3, -0.25) is 9.67 Å². The lowest BCUT2D eigenvalue weighted by Crippen LogP contribution is -2.05. The molecule has 2 aromatic heterocycles. The molecule has 16 heavy (non-hydrogen) atoms. The van der Waals surface area contributed by atoms with Gasteiger partial charge in [-0.2, -0.15) is 5.10 Å². The quantitative estimate of drug-likeness (QED) is 0.781. The number of pyridine rings is 1. The molecule has 0 bridgehead atoms. The maximum absolute atomic E-state index is 10.1. The van der Waals surface area contributed by atoms with E-state index in [1.54, 1.807) is 25.6 Å². The highest BCUT2D eigenvalue weighted by Gasteiger charge is 2.16. The van der Waals surface area contributed by atoms with Gasteiger partial charge in [0.15, 0.2) is 0 Å². The molecule has 0 fully saturated rings. The number of hydrogen-bond donors (Lipinski definition) is 2. The van der Waals surface area contributed by atoms with Gasteiger partial charge in [0.25, 0.3) is 0 Å². The molecule has 0 amide bonds. The van der Waals surface area contributed by atoms with Crippen molar-refractivity contribution in [1.29, 1.82) is 0 Å². The molecule has 0 aliphatic rings. The molecule has 5 heteroatoms. The summed E-state index contributed by atoms with van der Waals surface area (Å²) in [4.78, 5) is 4.04. The molecular weight excluding hydrogens is 204 g/mol. The summed E-state index contributed by atoms with van der Waals surface area (Å²) in [5, 5.41) is 14.1. The molecule has 0 radical (unpaired) electrons. The average Bonchev–Trinajstić information content (AvgIpc) is 2.59. The highest BCUT2D eigenvalue weighted by molar-refractivity contribution is 5.44. The van der Waals surface area contributed by atoms with E-state index >= 15 is 0 Å². The van der Waals surface area contributed by atoms with Gasteiger partial charge in [0.05, 0.1) is 6.20 Å². The summed E-state index contributed by atoms with van der Waals surface area (Å²) < 4.78 is 1.53. The molecule has 5 nitrogen and oxygen atoms in total. The standard InChI is InChI=1S/C11H14N4O/c1-7-3-8(5-13-4-7)10(16)9-6-14-15(2)11(9)12/h3-6,10,16H,12H2,1-2H3. The Kier molecular flexibility index (Phi) is 2.62. The van der Waals surface area contributed by atoms with Crippen molar-refractivity contribution in [1.82, 2.24) is 14.8 Å². The monoisotopic (exact) mass is 218 g/mol. The lowest BCUT2D eigenvalue weighted by molar-refractivity contribution is 0.220. The Morgan fingerprint density at radius 1 is 1.38 bits per heavy atom. The van der Waals surface area contributed by atoms with Crippen molar-refractivity contribution < 1.29 is 5.11 Å². The van der Waals surface area contributed by atoms with Crippen LogP contribution in [0.1, 0.15) is 22.8 Å². The number of rotatable bonds is 2. The molecular formula is C11H14N4O. The Morgan fingerprint density at radius 3 is 2.69 bits per heavy atom. The van der Waals surface area contributed by atoms with Crippen LogP contribution in [0.5, 0.6) is 0 Å². The summed E-state index contributed by atoms with van der Waals surface area (Å²) in [7, 11) is 1.74. The van der Waals surface area contributed by atoms with E-state index in [4.69, 9.17) is 5.73 Å². The smallest absolute Gasteiger partial charge is 0.127 e. The predicted molar refractivity (Wildman–Crippen MR) is 60.7 cm³/mol. The van der Waals surface area contributed by atoms with Crippen molar-refractivity contribution in [2.24, 2.45) is 7.05 Å². The minimum absolute atomic E-state index is 0.467. The molecule has 0 saturated heterocycles. The normalized spacial score (nSPS) is 12.7. The second kappa shape index (κ2) is 3.94. The first-order valence-electron chi connectivity index (χ1n) is 4.96. The van der Waals surface area contributed by atoms with E-state index in [0.29, 0.717) is 11.4 Å². The van der Waals surface area contributed by atoms with Crippen LogP contribution in [0.3, 0.4) is 0 Å². The maximum atomic E-state index is 10.1. The van der Waals surface area contributed by atoms with Gasteiger partial charge in [0.1, 0.15) is 11.9 Å². The number of aliphatic hydroxyl groups is 1. The third-order valence-corrected chi connectivity index (χ3v) is 2.52. The van der Waals surface area contributed by atoms with Crippen molar-refractivity contribution in [3.05, 3.63) is 41.3 Å². The van der Waals surface area contributed by atoms with Gasteiger partial charge in [0.2, 0.25) is 0 Å². The molecule has 2 heterocycles. The average molecular weight is 218 g/mol. The first kappa shape index (κ1) is 10.6. The second-order valence-corrected chi connectivity index (χ2v) is 3.81. The zero-order valence-electron chi connectivity index (χ0n) is 9.25. The van der Waals surface area contributed by atoms with Crippen molar-refractivity contribution in [3.63, 3.8) is 0 Å². The Labute approximate surface area is 93.5 Å². The van der Waals surface area contributed by atoms with Crippen molar-refractivity contribution in [2.75, 3.05) is 5.73 Å². The molecule has 0 aromatic carbocycles. The van der Waals surface area contributed by atoms with Gasteiger partial charge >= 0.3 is 0 Å². The SMILES string of the molecule is Cc1cncc(C(O)c2cnn(C)c2N)c1. The molecule has 3 N–H and O–H groups in total. The van der Waals surface area contributed by atoms with Gasteiger partial charge < -0.3 is 10.8 Å². The van der Waals surface area contributed by atoms with Crippen molar-refractivity contribution >= 4 is 5.82 Å². The number of aromatic nitrogens is 3. The van der Waals surface area contributed by atoms with Crippen LogP contribution >= 0.6 is 0 Å². The third-order valence-electron chi connectivity index (χ3n) is 2.52. The van der Waals surface area contributed by atoms with Gasteiger partial charge in [-0.25, -0.2) is 0 Å². The molecule has 1 atom stereocenters. The summed E-state index contributed by atoms with van der Waals surface area (Å²) in [5.41, 5.74) is 8.13. The first-order valence-corrected chi connectivity index (χ1v) is 4.96. The zero-order valence-corrected chi connectivity index (χ0v) is 9.25. The molecule has 1 unspecified atom stereocenters. The Hall–Kier alpha value is -1.88. The fraction of sp³-hybridized carbons (Fsp3) is 0.273. The molecule has 2 rings (SSSR count). The van der Waals surface area contributed by atoms with Crippen LogP contribution < -0.4 is 5.73 Å². The third kappa shape index (κ3) is 1.77. The van der Waals surface area contributed by atoms with Crippen LogP contribution in [0.25, 0.3) is 0 Å².